The van der Waals surface area contributed by atoms with Gasteiger partial charge in [0.15, 0.2) is 0 Å². The van der Waals surface area contributed by atoms with Gasteiger partial charge in [-0.05, 0) is 12.0 Å². The second-order valence-corrected chi connectivity index (χ2v) is 4.61. The molecule has 120 valence electrons. The van der Waals surface area contributed by atoms with Gasteiger partial charge in [0.25, 0.3) is 0 Å². The Morgan fingerprint density at radius 3 is 2.14 bits per heavy atom. The number of carbonyl (C=O) groups excluding carboxylic acids is 1. The fourth-order valence-corrected chi connectivity index (χ4v) is 1.92. The summed E-state index contributed by atoms with van der Waals surface area (Å²) in [7, 11) is 3.23. The van der Waals surface area contributed by atoms with Crippen LogP contribution in [-0.2, 0) is 20.7 Å². The maximum Gasteiger partial charge on any atom is 0.239 e. The molecule has 0 bridgehead atoms. The quantitative estimate of drug-likeness (QED) is 0.741. The van der Waals surface area contributed by atoms with Crippen molar-refractivity contribution in [2.75, 3.05) is 40.5 Å². The number of nitrogens with two attached hydrogens (primary N) is 1. The number of hydrogen-bond acceptors (Lipinski definition) is 4. The van der Waals surface area contributed by atoms with Crippen LogP contribution in [0, 0.1) is 0 Å². The number of nitrogens with zero attached hydrogens (tertiary/aromatic N) is 1. The third-order valence-corrected chi connectivity index (χ3v) is 3.06. The number of carbonyl (C=O) groups is 1. The lowest BCUT2D eigenvalue weighted by atomic mass is 10.1. The lowest BCUT2D eigenvalue weighted by Gasteiger charge is -2.25. The molecule has 1 rings (SSSR count). The van der Waals surface area contributed by atoms with E-state index in [0.717, 1.165) is 5.56 Å². The second kappa shape index (κ2) is 11.5. The number of rotatable bonds is 9. The van der Waals surface area contributed by atoms with Gasteiger partial charge in [0.05, 0.1) is 19.3 Å². The van der Waals surface area contributed by atoms with Gasteiger partial charge in [-0.25, -0.2) is 0 Å². The van der Waals surface area contributed by atoms with Gasteiger partial charge >= 0.3 is 0 Å². The SMILES string of the molecule is COCCN(CCOC)C(=O)[C@@H](N)Cc1ccccc1.Cl. The van der Waals surface area contributed by atoms with Crippen molar-refractivity contribution < 1.29 is 14.3 Å². The number of amides is 1. The van der Waals surface area contributed by atoms with Crippen LogP contribution in [0.4, 0.5) is 0 Å². The van der Waals surface area contributed by atoms with Crippen LogP contribution in [0.2, 0.25) is 0 Å². The van der Waals surface area contributed by atoms with Crippen molar-refractivity contribution >= 4 is 18.3 Å². The summed E-state index contributed by atoms with van der Waals surface area (Å²) in [6.07, 6.45) is 0.538. The predicted octanol–water partition coefficient (Wildman–Crippen LogP) is 1.10. The highest BCUT2D eigenvalue weighted by molar-refractivity contribution is 5.85. The summed E-state index contributed by atoms with van der Waals surface area (Å²) in [4.78, 5) is 14.0. The Kier molecular flexibility index (Phi) is 10.9. The minimum absolute atomic E-state index is 0. The highest BCUT2D eigenvalue weighted by Gasteiger charge is 2.20. The zero-order valence-electron chi connectivity index (χ0n) is 12.7. The van der Waals surface area contributed by atoms with Crippen LogP contribution in [0.3, 0.4) is 0 Å². The lowest BCUT2D eigenvalue weighted by molar-refractivity contribution is -0.133. The Morgan fingerprint density at radius 1 is 1.14 bits per heavy atom. The van der Waals surface area contributed by atoms with Gasteiger partial charge in [-0.3, -0.25) is 4.79 Å². The van der Waals surface area contributed by atoms with Gasteiger partial charge in [0.2, 0.25) is 5.91 Å². The molecule has 0 aliphatic rings. The van der Waals surface area contributed by atoms with Crippen LogP contribution in [0.25, 0.3) is 0 Å². The number of hydrogen-bond donors (Lipinski definition) is 1. The molecule has 0 radical (unpaired) electrons. The molecule has 2 N–H and O–H groups in total. The van der Waals surface area contributed by atoms with Crippen LogP contribution in [-0.4, -0.2) is 57.4 Å². The van der Waals surface area contributed by atoms with E-state index < -0.39 is 6.04 Å². The summed E-state index contributed by atoms with van der Waals surface area (Å²) in [5.41, 5.74) is 7.08. The Hall–Kier alpha value is -1.14. The van der Waals surface area contributed by atoms with Gasteiger partial charge in [0, 0.05) is 27.3 Å². The van der Waals surface area contributed by atoms with E-state index in [2.05, 4.69) is 0 Å². The summed E-state index contributed by atoms with van der Waals surface area (Å²) in [5, 5.41) is 0. The third kappa shape index (κ3) is 7.43. The van der Waals surface area contributed by atoms with E-state index >= 15 is 0 Å². The largest absolute Gasteiger partial charge is 0.383 e. The van der Waals surface area contributed by atoms with Gasteiger partial charge in [-0.2, -0.15) is 0 Å². The highest BCUT2D eigenvalue weighted by Crippen LogP contribution is 2.04. The number of halogens is 1. The molecule has 0 unspecified atom stereocenters. The first-order valence-corrected chi connectivity index (χ1v) is 6.75. The molecule has 0 saturated heterocycles. The molecule has 1 aromatic rings. The molecule has 1 aromatic carbocycles. The van der Waals surface area contributed by atoms with E-state index in [-0.39, 0.29) is 18.3 Å². The highest BCUT2D eigenvalue weighted by atomic mass is 35.5. The molecule has 0 heterocycles. The molecule has 0 saturated carbocycles. The molecular weight excluding hydrogens is 292 g/mol. The monoisotopic (exact) mass is 316 g/mol. The van der Waals surface area contributed by atoms with Crippen molar-refractivity contribution in [3.05, 3.63) is 35.9 Å². The minimum Gasteiger partial charge on any atom is -0.383 e. The molecule has 0 aliphatic heterocycles. The first kappa shape index (κ1) is 19.9. The zero-order valence-corrected chi connectivity index (χ0v) is 13.5. The summed E-state index contributed by atoms with van der Waals surface area (Å²) in [6, 6.07) is 9.25. The first-order chi connectivity index (χ1) is 9.69. The molecule has 1 atom stereocenters. The lowest BCUT2D eigenvalue weighted by Crippen LogP contribution is -2.47. The van der Waals surface area contributed by atoms with Crippen LogP contribution in [0.5, 0.6) is 0 Å². The van der Waals surface area contributed by atoms with E-state index in [1.807, 2.05) is 30.3 Å². The summed E-state index contributed by atoms with van der Waals surface area (Å²) < 4.78 is 10.0. The predicted molar refractivity (Wildman–Crippen MR) is 85.7 cm³/mol. The zero-order chi connectivity index (χ0) is 14.8. The summed E-state index contributed by atoms with van der Waals surface area (Å²) in [5.74, 6) is -0.0667. The summed E-state index contributed by atoms with van der Waals surface area (Å²) >= 11 is 0. The fraction of sp³-hybridized carbons (Fsp3) is 0.533. The molecule has 1 amide bonds. The Labute approximate surface area is 132 Å². The van der Waals surface area contributed by atoms with E-state index in [9.17, 15) is 4.79 Å². The molecule has 5 nitrogen and oxygen atoms in total. The molecule has 6 heteroatoms. The van der Waals surface area contributed by atoms with Crippen LogP contribution < -0.4 is 5.73 Å². The van der Waals surface area contributed by atoms with Crippen molar-refractivity contribution in [3.63, 3.8) is 0 Å². The molecule has 0 aliphatic carbocycles. The normalized spacial score (nSPS) is 11.6. The van der Waals surface area contributed by atoms with Crippen molar-refractivity contribution in [2.24, 2.45) is 5.73 Å². The number of benzene rings is 1. The molecule has 21 heavy (non-hydrogen) atoms. The molecular formula is C15H25ClN2O3. The molecule has 0 aromatic heterocycles. The number of ether oxygens (including phenoxy) is 2. The molecule has 0 fully saturated rings. The third-order valence-electron chi connectivity index (χ3n) is 3.06. The number of methoxy groups -OCH3 is 2. The van der Waals surface area contributed by atoms with E-state index in [1.165, 1.54) is 0 Å². The van der Waals surface area contributed by atoms with Gasteiger partial charge < -0.3 is 20.1 Å². The minimum atomic E-state index is -0.536. The van der Waals surface area contributed by atoms with Gasteiger partial charge in [-0.15, -0.1) is 12.4 Å². The van der Waals surface area contributed by atoms with E-state index in [0.29, 0.717) is 32.7 Å². The van der Waals surface area contributed by atoms with Crippen LogP contribution >= 0.6 is 12.4 Å². The van der Waals surface area contributed by atoms with Crippen molar-refractivity contribution in [3.8, 4) is 0 Å². The van der Waals surface area contributed by atoms with E-state index in [4.69, 9.17) is 15.2 Å². The second-order valence-electron chi connectivity index (χ2n) is 4.61. The van der Waals surface area contributed by atoms with Gasteiger partial charge in [0.1, 0.15) is 0 Å². The smallest absolute Gasteiger partial charge is 0.239 e. The standard InChI is InChI=1S/C15H24N2O3.ClH/c1-19-10-8-17(9-11-20-2)15(18)14(16)12-13-6-4-3-5-7-13;/h3-7,14H,8-12,16H2,1-2H3;1H/t14-;/m0./s1. The Balaban J connectivity index is 0.00000400. The van der Waals surface area contributed by atoms with Crippen molar-refractivity contribution in [1.29, 1.82) is 0 Å². The van der Waals surface area contributed by atoms with Crippen LogP contribution in [0.15, 0.2) is 30.3 Å². The van der Waals surface area contributed by atoms with E-state index in [1.54, 1.807) is 19.1 Å². The van der Waals surface area contributed by atoms with Crippen molar-refractivity contribution in [1.82, 2.24) is 4.90 Å². The van der Waals surface area contributed by atoms with Crippen LogP contribution in [0.1, 0.15) is 5.56 Å². The maximum atomic E-state index is 12.3. The summed E-state index contributed by atoms with van der Waals surface area (Å²) in [6.45, 7) is 2.05. The Morgan fingerprint density at radius 2 is 1.67 bits per heavy atom. The average molecular weight is 317 g/mol. The Bertz CT molecular complexity index is 382. The average Bonchev–Trinajstić information content (AvgIpc) is 2.48. The van der Waals surface area contributed by atoms with Gasteiger partial charge in [-0.1, -0.05) is 30.3 Å². The van der Waals surface area contributed by atoms with Crippen molar-refractivity contribution in [2.45, 2.75) is 12.5 Å². The maximum absolute atomic E-state index is 12.3. The fourth-order valence-electron chi connectivity index (χ4n) is 1.92. The topological polar surface area (TPSA) is 64.8 Å². The first-order valence-electron chi connectivity index (χ1n) is 6.75. The molecule has 0 spiro atoms.